The Bertz CT molecular complexity index is 731. The van der Waals surface area contributed by atoms with Crippen molar-refractivity contribution in [2.24, 2.45) is 12.1 Å². The summed E-state index contributed by atoms with van der Waals surface area (Å²) in [5, 5.41) is 7.74. The Hall–Kier alpha value is -2.45. The van der Waals surface area contributed by atoms with Gasteiger partial charge in [0.15, 0.2) is 0 Å². The zero-order valence-electron chi connectivity index (χ0n) is 12.6. The van der Waals surface area contributed by atoms with Crippen molar-refractivity contribution in [2.45, 2.75) is 32.1 Å². The van der Waals surface area contributed by atoms with Crippen LogP contribution < -0.4 is 5.43 Å². The maximum absolute atomic E-state index is 13.7. The Balaban J connectivity index is 1.80. The summed E-state index contributed by atoms with van der Waals surface area (Å²) in [5.41, 5.74) is 3.41. The van der Waals surface area contributed by atoms with Crippen LogP contribution in [0.1, 0.15) is 47.8 Å². The van der Waals surface area contributed by atoms with Gasteiger partial charge in [0.1, 0.15) is 5.69 Å². The number of halogens is 3. The van der Waals surface area contributed by atoms with Crippen molar-refractivity contribution in [1.29, 1.82) is 0 Å². The fraction of sp³-hybridized carbons (Fsp3) is 0.429. The van der Waals surface area contributed by atoms with E-state index in [1.807, 2.05) is 0 Å². The zero-order chi connectivity index (χ0) is 16.6. The standard InChI is InChI=1S/C14H15F3N6/c1-7-9(13(17)23(2)22-7)6-18-21-14-19-10(8-3-4-8)5-11(20-14)12(15)16/h5-6,8,12H,3-4H2,1-2H3,(H,19,20,21)/b18-6+. The Labute approximate surface area is 130 Å². The third-order valence-electron chi connectivity index (χ3n) is 3.54. The zero-order valence-corrected chi connectivity index (χ0v) is 12.6. The van der Waals surface area contributed by atoms with Gasteiger partial charge in [0.2, 0.25) is 11.9 Å². The number of hydrazone groups is 1. The SMILES string of the molecule is Cc1nn(C)c(F)c1/C=N/Nc1nc(C(F)F)cc(C2CC2)n1. The first-order valence-electron chi connectivity index (χ1n) is 7.11. The van der Waals surface area contributed by atoms with E-state index in [2.05, 4.69) is 25.6 Å². The number of nitrogens with one attached hydrogen (secondary N) is 1. The van der Waals surface area contributed by atoms with E-state index in [0.717, 1.165) is 17.5 Å². The summed E-state index contributed by atoms with van der Waals surface area (Å²) in [6.07, 6.45) is 0.413. The molecule has 1 fully saturated rings. The summed E-state index contributed by atoms with van der Waals surface area (Å²) in [6, 6.07) is 1.32. The number of hydrogen-bond acceptors (Lipinski definition) is 5. The van der Waals surface area contributed by atoms with E-state index >= 15 is 0 Å². The molecule has 122 valence electrons. The predicted molar refractivity (Wildman–Crippen MR) is 78.1 cm³/mol. The van der Waals surface area contributed by atoms with Crippen LogP contribution in [0.5, 0.6) is 0 Å². The molecule has 1 saturated carbocycles. The second kappa shape index (κ2) is 5.98. The third-order valence-corrected chi connectivity index (χ3v) is 3.54. The molecule has 0 amide bonds. The molecule has 0 spiro atoms. The Morgan fingerprint density at radius 2 is 2.13 bits per heavy atom. The van der Waals surface area contributed by atoms with Crippen molar-refractivity contribution in [3.63, 3.8) is 0 Å². The molecule has 1 N–H and O–H groups in total. The van der Waals surface area contributed by atoms with Crippen LogP contribution in [0, 0.1) is 12.9 Å². The van der Waals surface area contributed by atoms with E-state index in [4.69, 9.17) is 0 Å². The lowest BCUT2D eigenvalue weighted by Gasteiger charge is -2.06. The summed E-state index contributed by atoms with van der Waals surface area (Å²) in [7, 11) is 1.48. The Morgan fingerprint density at radius 3 is 2.70 bits per heavy atom. The topological polar surface area (TPSA) is 68.0 Å². The summed E-state index contributed by atoms with van der Waals surface area (Å²) in [6.45, 7) is 1.64. The lowest BCUT2D eigenvalue weighted by molar-refractivity contribution is 0.146. The van der Waals surface area contributed by atoms with Crippen molar-refractivity contribution in [3.05, 3.63) is 34.7 Å². The molecule has 0 radical (unpaired) electrons. The van der Waals surface area contributed by atoms with Gasteiger partial charge >= 0.3 is 0 Å². The van der Waals surface area contributed by atoms with Crippen LogP contribution in [0.15, 0.2) is 11.2 Å². The number of hydrogen-bond donors (Lipinski definition) is 1. The average Bonchev–Trinajstić information content (AvgIpc) is 3.31. The van der Waals surface area contributed by atoms with Crippen LogP contribution in [-0.4, -0.2) is 26.0 Å². The van der Waals surface area contributed by atoms with Crippen LogP contribution in [0.3, 0.4) is 0 Å². The molecule has 0 bridgehead atoms. The molecule has 9 heteroatoms. The molecule has 0 saturated heterocycles. The van der Waals surface area contributed by atoms with Gasteiger partial charge in [-0.3, -0.25) is 0 Å². The fourth-order valence-electron chi connectivity index (χ4n) is 2.18. The minimum Gasteiger partial charge on any atom is -0.245 e. The van der Waals surface area contributed by atoms with Crippen LogP contribution in [0.2, 0.25) is 0 Å². The maximum atomic E-state index is 13.7. The lowest BCUT2D eigenvalue weighted by Crippen LogP contribution is -2.04. The lowest BCUT2D eigenvalue weighted by atomic mass is 10.2. The van der Waals surface area contributed by atoms with Gasteiger partial charge in [-0.25, -0.2) is 28.9 Å². The molecule has 3 rings (SSSR count). The molecule has 1 aliphatic carbocycles. The Morgan fingerprint density at radius 1 is 1.39 bits per heavy atom. The summed E-state index contributed by atoms with van der Waals surface area (Å²) in [5.74, 6) is -0.352. The van der Waals surface area contributed by atoms with Crippen molar-refractivity contribution in [2.75, 3.05) is 5.43 Å². The van der Waals surface area contributed by atoms with Gasteiger partial charge in [-0.2, -0.15) is 14.6 Å². The number of aryl methyl sites for hydroxylation is 2. The largest absolute Gasteiger partial charge is 0.280 e. The molecule has 0 aliphatic heterocycles. The highest BCUT2D eigenvalue weighted by Crippen LogP contribution is 2.40. The molecular weight excluding hydrogens is 309 g/mol. The van der Waals surface area contributed by atoms with Crippen LogP contribution in [0.4, 0.5) is 19.1 Å². The van der Waals surface area contributed by atoms with Crippen LogP contribution in [-0.2, 0) is 7.05 Å². The van der Waals surface area contributed by atoms with Gasteiger partial charge in [-0.1, -0.05) is 0 Å². The average molecular weight is 324 g/mol. The number of rotatable bonds is 5. The minimum absolute atomic E-state index is 0.0251. The first-order chi connectivity index (χ1) is 11.0. The number of nitrogens with zero attached hydrogens (tertiary/aromatic N) is 5. The van der Waals surface area contributed by atoms with Gasteiger partial charge in [0, 0.05) is 18.7 Å². The third kappa shape index (κ3) is 3.33. The molecule has 2 aromatic heterocycles. The van der Waals surface area contributed by atoms with Gasteiger partial charge in [0.25, 0.3) is 6.43 Å². The summed E-state index contributed by atoms with van der Waals surface area (Å²) in [4.78, 5) is 7.90. The molecule has 6 nitrogen and oxygen atoms in total. The Kier molecular flexibility index (Phi) is 4.01. The summed E-state index contributed by atoms with van der Waals surface area (Å²) >= 11 is 0. The smallest absolute Gasteiger partial charge is 0.245 e. The first kappa shape index (κ1) is 15.4. The van der Waals surface area contributed by atoms with E-state index in [-0.39, 0.29) is 23.1 Å². The van der Waals surface area contributed by atoms with E-state index in [0.29, 0.717) is 11.4 Å². The normalized spacial score (nSPS) is 14.9. The predicted octanol–water partition coefficient (Wildman–Crippen LogP) is 2.92. The van der Waals surface area contributed by atoms with E-state index in [1.165, 1.54) is 19.3 Å². The molecule has 0 unspecified atom stereocenters. The number of anilines is 1. The number of aromatic nitrogens is 4. The highest BCUT2D eigenvalue weighted by atomic mass is 19.3. The maximum Gasteiger partial charge on any atom is 0.280 e. The van der Waals surface area contributed by atoms with E-state index in [9.17, 15) is 13.2 Å². The molecule has 2 heterocycles. The van der Waals surface area contributed by atoms with Gasteiger partial charge in [-0.15, -0.1) is 0 Å². The van der Waals surface area contributed by atoms with Crippen LogP contribution >= 0.6 is 0 Å². The van der Waals surface area contributed by atoms with Gasteiger partial charge < -0.3 is 0 Å². The first-order valence-corrected chi connectivity index (χ1v) is 7.11. The second-order valence-corrected chi connectivity index (χ2v) is 5.40. The van der Waals surface area contributed by atoms with Crippen LogP contribution in [0.25, 0.3) is 0 Å². The highest BCUT2D eigenvalue weighted by Gasteiger charge is 2.27. The second-order valence-electron chi connectivity index (χ2n) is 5.40. The number of alkyl halides is 2. The monoisotopic (exact) mass is 324 g/mol. The van der Waals surface area contributed by atoms with E-state index in [1.54, 1.807) is 6.92 Å². The highest BCUT2D eigenvalue weighted by molar-refractivity contribution is 5.81. The van der Waals surface area contributed by atoms with Crippen molar-refractivity contribution in [3.8, 4) is 0 Å². The molecule has 23 heavy (non-hydrogen) atoms. The minimum atomic E-state index is -2.68. The van der Waals surface area contributed by atoms with Gasteiger partial charge in [-0.05, 0) is 25.8 Å². The molecule has 0 atom stereocenters. The molecular formula is C14H15F3N6. The van der Waals surface area contributed by atoms with Crippen molar-refractivity contribution in [1.82, 2.24) is 19.7 Å². The molecule has 2 aromatic rings. The quantitative estimate of drug-likeness (QED) is 0.678. The summed E-state index contributed by atoms with van der Waals surface area (Å²) < 4.78 is 40.6. The van der Waals surface area contributed by atoms with Crippen molar-refractivity contribution < 1.29 is 13.2 Å². The molecule has 0 aromatic carbocycles. The molecule has 1 aliphatic rings. The van der Waals surface area contributed by atoms with Crippen molar-refractivity contribution >= 4 is 12.2 Å². The van der Waals surface area contributed by atoms with Gasteiger partial charge in [0.05, 0.1) is 17.5 Å². The fourth-order valence-corrected chi connectivity index (χ4v) is 2.18. The van der Waals surface area contributed by atoms with E-state index < -0.39 is 12.4 Å².